The minimum atomic E-state index is -4.21. The van der Waals surface area contributed by atoms with Gasteiger partial charge >= 0.3 is 0 Å². The quantitative estimate of drug-likeness (QED) is 0.559. The Morgan fingerprint density at radius 1 is 1.29 bits per heavy atom. The molecule has 21 heavy (non-hydrogen) atoms. The van der Waals surface area contributed by atoms with Crippen LogP contribution in [-0.2, 0) is 10.0 Å². The first-order chi connectivity index (χ1) is 9.85. The highest BCUT2D eigenvalue weighted by atomic mass is 79.9. The van der Waals surface area contributed by atoms with E-state index in [0.29, 0.717) is 6.07 Å². The van der Waals surface area contributed by atoms with E-state index in [2.05, 4.69) is 26.3 Å². The summed E-state index contributed by atoms with van der Waals surface area (Å²) >= 11 is 2.89. The van der Waals surface area contributed by atoms with Gasteiger partial charge in [-0.1, -0.05) is 0 Å². The predicted octanol–water partition coefficient (Wildman–Crippen LogP) is 2.21. The zero-order valence-electron chi connectivity index (χ0n) is 10.3. The van der Waals surface area contributed by atoms with Crippen molar-refractivity contribution in [2.75, 3.05) is 10.1 Å². The molecule has 4 N–H and O–H groups in total. The molecular formula is C11H9BrF2N4O2S. The molecule has 0 atom stereocenters. The number of rotatable bonds is 4. The first kappa shape index (κ1) is 15.6. The number of nitrogens with zero attached hydrogens (tertiary/aromatic N) is 1. The van der Waals surface area contributed by atoms with Gasteiger partial charge in [0, 0.05) is 16.7 Å². The number of hydrogen-bond acceptors (Lipinski definition) is 5. The van der Waals surface area contributed by atoms with E-state index in [9.17, 15) is 17.2 Å². The predicted molar refractivity (Wildman–Crippen MR) is 76.9 cm³/mol. The SMILES string of the molecule is NNc1cccnc1S(=O)(=O)Nc1c(F)cc(F)cc1Br. The average molecular weight is 379 g/mol. The molecule has 0 fully saturated rings. The molecule has 0 amide bonds. The molecule has 6 nitrogen and oxygen atoms in total. The lowest BCUT2D eigenvalue weighted by Crippen LogP contribution is -2.19. The van der Waals surface area contributed by atoms with E-state index in [4.69, 9.17) is 5.84 Å². The van der Waals surface area contributed by atoms with E-state index in [1.165, 1.54) is 18.3 Å². The van der Waals surface area contributed by atoms with Gasteiger partial charge in [-0.05, 0) is 34.1 Å². The lowest BCUT2D eigenvalue weighted by atomic mass is 10.3. The van der Waals surface area contributed by atoms with E-state index < -0.39 is 32.4 Å². The number of nitrogen functional groups attached to an aromatic ring is 1. The monoisotopic (exact) mass is 378 g/mol. The van der Waals surface area contributed by atoms with Crippen molar-refractivity contribution in [3.8, 4) is 0 Å². The topological polar surface area (TPSA) is 97.1 Å². The molecule has 0 bridgehead atoms. The fraction of sp³-hybridized carbons (Fsp3) is 0. The van der Waals surface area contributed by atoms with Crippen LogP contribution in [0, 0.1) is 11.6 Å². The lowest BCUT2D eigenvalue weighted by Gasteiger charge is -2.12. The van der Waals surface area contributed by atoms with E-state index in [1.54, 1.807) is 0 Å². The van der Waals surface area contributed by atoms with Gasteiger partial charge in [0.1, 0.15) is 5.82 Å². The third-order valence-electron chi connectivity index (χ3n) is 2.42. The van der Waals surface area contributed by atoms with Crippen molar-refractivity contribution in [1.82, 2.24) is 4.98 Å². The maximum atomic E-state index is 13.7. The summed E-state index contributed by atoms with van der Waals surface area (Å²) in [6, 6.07) is 4.35. The Morgan fingerprint density at radius 3 is 2.62 bits per heavy atom. The molecule has 0 aliphatic heterocycles. The Balaban J connectivity index is 2.48. The Bertz CT molecular complexity index is 763. The molecule has 0 saturated carbocycles. The van der Waals surface area contributed by atoms with Crippen LogP contribution < -0.4 is 16.0 Å². The Morgan fingerprint density at radius 2 is 2.00 bits per heavy atom. The molecule has 0 aliphatic carbocycles. The third kappa shape index (κ3) is 3.28. The summed E-state index contributed by atoms with van der Waals surface area (Å²) in [4.78, 5) is 3.69. The summed E-state index contributed by atoms with van der Waals surface area (Å²) in [7, 11) is -4.21. The summed E-state index contributed by atoms with van der Waals surface area (Å²) in [5.74, 6) is 3.30. The summed E-state index contributed by atoms with van der Waals surface area (Å²) in [6.07, 6.45) is 1.24. The van der Waals surface area contributed by atoms with Crippen molar-refractivity contribution in [3.63, 3.8) is 0 Å². The van der Waals surface area contributed by atoms with Crippen LogP contribution in [0.25, 0.3) is 0 Å². The van der Waals surface area contributed by atoms with Gasteiger partial charge in [-0.2, -0.15) is 8.42 Å². The maximum Gasteiger partial charge on any atom is 0.281 e. The largest absolute Gasteiger partial charge is 0.321 e. The minimum Gasteiger partial charge on any atom is -0.321 e. The Hall–Kier alpha value is -1.78. The van der Waals surface area contributed by atoms with Crippen molar-refractivity contribution >= 4 is 37.3 Å². The highest BCUT2D eigenvalue weighted by Gasteiger charge is 2.23. The second-order valence-electron chi connectivity index (χ2n) is 3.85. The molecule has 112 valence electrons. The zero-order chi connectivity index (χ0) is 15.6. The number of nitrogens with one attached hydrogen (secondary N) is 2. The standard InChI is InChI=1S/C11H9BrF2N4O2S/c12-7-4-6(13)5-8(14)10(7)18-21(19,20)11-9(17-15)2-1-3-16-11/h1-5,17-18H,15H2. The number of nitrogens with two attached hydrogens (primary N) is 1. The number of pyridine rings is 1. The minimum absolute atomic E-state index is 0.0312. The number of benzene rings is 1. The van der Waals surface area contributed by atoms with Gasteiger partial charge in [-0.3, -0.25) is 10.6 Å². The van der Waals surface area contributed by atoms with Gasteiger partial charge in [-0.15, -0.1) is 0 Å². The molecule has 1 aromatic carbocycles. The van der Waals surface area contributed by atoms with E-state index >= 15 is 0 Å². The molecule has 2 aromatic rings. The van der Waals surface area contributed by atoms with Crippen LogP contribution in [0.4, 0.5) is 20.2 Å². The molecule has 0 aliphatic rings. The number of sulfonamides is 1. The van der Waals surface area contributed by atoms with E-state index in [0.717, 1.165) is 6.07 Å². The van der Waals surface area contributed by atoms with Crippen LogP contribution in [0.2, 0.25) is 0 Å². The molecule has 2 rings (SSSR count). The van der Waals surface area contributed by atoms with Gasteiger partial charge in [0.05, 0.1) is 11.4 Å². The number of halogens is 3. The Labute approximate surface area is 127 Å². The molecule has 1 aromatic heterocycles. The van der Waals surface area contributed by atoms with Gasteiger partial charge in [0.2, 0.25) is 5.03 Å². The fourth-order valence-corrected chi connectivity index (χ4v) is 3.36. The molecule has 0 saturated heterocycles. The first-order valence-electron chi connectivity index (χ1n) is 5.44. The van der Waals surface area contributed by atoms with Gasteiger partial charge < -0.3 is 5.43 Å². The number of anilines is 2. The van der Waals surface area contributed by atoms with Gasteiger partial charge in [0.15, 0.2) is 5.82 Å². The number of aromatic nitrogens is 1. The maximum absolute atomic E-state index is 13.7. The van der Waals surface area contributed by atoms with Crippen LogP contribution in [0.3, 0.4) is 0 Å². The van der Waals surface area contributed by atoms with Crippen LogP contribution in [0.5, 0.6) is 0 Å². The van der Waals surface area contributed by atoms with Crippen molar-refractivity contribution in [2.45, 2.75) is 5.03 Å². The summed E-state index contributed by atoms with van der Waals surface area (Å²) < 4.78 is 53.0. The van der Waals surface area contributed by atoms with Crippen molar-refractivity contribution in [1.29, 1.82) is 0 Å². The molecule has 0 unspecified atom stereocenters. The Kier molecular flexibility index (Phi) is 4.40. The highest BCUT2D eigenvalue weighted by molar-refractivity contribution is 9.10. The summed E-state index contributed by atoms with van der Waals surface area (Å²) in [6.45, 7) is 0. The molecule has 10 heteroatoms. The van der Waals surface area contributed by atoms with Crippen molar-refractivity contribution in [3.05, 3.63) is 46.6 Å². The normalized spacial score (nSPS) is 11.2. The van der Waals surface area contributed by atoms with E-state index in [-0.39, 0.29) is 10.2 Å². The second kappa shape index (κ2) is 5.92. The molecule has 1 heterocycles. The molecular weight excluding hydrogens is 370 g/mol. The van der Waals surface area contributed by atoms with Crippen LogP contribution in [0.1, 0.15) is 0 Å². The second-order valence-corrected chi connectivity index (χ2v) is 6.30. The first-order valence-corrected chi connectivity index (χ1v) is 7.72. The molecule has 0 radical (unpaired) electrons. The van der Waals surface area contributed by atoms with E-state index in [1.807, 2.05) is 4.72 Å². The lowest BCUT2D eigenvalue weighted by molar-refractivity contribution is 0.581. The van der Waals surface area contributed by atoms with Gasteiger partial charge in [-0.25, -0.2) is 13.8 Å². The number of hydrogen-bond donors (Lipinski definition) is 3. The summed E-state index contributed by atoms with van der Waals surface area (Å²) in [5.41, 5.74) is 1.78. The molecule has 0 spiro atoms. The van der Waals surface area contributed by atoms with Crippen LogP contribution in [-0.4, -0.2) is 13.4 Å². The highest BCUT2D eigenvalue weighted by Crippen LogP contribution is 2.29. The van der Waals surface area contributed by atoms with Crippen molar-refractivity contribution in [2.24, 2.45) is 5.84 Å². The average Bonchev–Trinajstić information content (AvgIpc) is 2.43. The third-order valence-corrected chi connectivity index (χ3v) is 4.36. The smallest absolute Gasteiger partial charge is 0.281 e. The summed E-state index contributed by atoms with van der Waals surface area (Å²) in [5, 5.41) is -0.414. The fourth-order valence-electron chi connectivity index (χ4n) is 1.54. The van der Waals surface area contributed by atoms with Gasteiger partial charge in [0.25, 0.3) is 10.0 Å². The van der Waals surface area contributed by atoms with Crippen LogP contribution in [0.15, 0.2) is 40.0 Å². The van der Waals surface area contributed by atoms with Crippen molar-refractivity contribution < 1.29 is 17.2 Å². The van der Waals surface area contributed by atoms with Crippen LogP contribution >= 0.6 is 15.9 Å². The zero-order valence-corrected chi connectivity index (χ0v) is 12.7. The number of hydrazine groups is 1.